The summed E-state index contributed by atoms with van der Waals surface area (Å²) in [5.41, 5.74) is 1.68. The van der Waals surface area contributed by atoms with Gasteiger partial charge in [-0.1, -0.05) is 35.9 Å². The first-order valence-corrected chi connectivity index (χ1v) is 10.7. The molecule has 0 atom stereocenters. The van der Waals surface area contributed by atoms with Crippen molar-refractivity contribution in [3.63, 3.8) is 0 Å². The second-order valence-corrected chi connectivity index (χ2v) is 8.95. The zero-order valence-corrected chi connectivity index (χ0v) is 16.5. The van der Waals surface area contributed by atoms with Crippen LogP contribution in [-0.4, -0.2) is 49.7 Å². The summed E-state index contributed by atoms with van der Waals surface area (Å²) < 4.78 is 33.0. The normalized spacial score (nSPS) is 16.2. The third kappa shape index (κ3) is 3.55. The molecule has 1 saturated heterocycles. The van der Waals surface area contributed by atoms with Gasteiger partial charge >= 0.3 is 0 Å². The van der Waals surface area contributed by atoms with Crippen molar-refractivity contribution in [2.45, 2.75) is 18.2 Å². The van der Waals surface area contributed by atoms with E-state index in [2.05, 4.69) is 0 Å². The largest absolute Gasteiger partial charge is 0.451 e. The molecule has 1 fully saturated rings. The summed E-state index contributed by atoms with van der Waals surface area (Å²) in [7, 11) is -3.56. The van der Waals surface area contributed by atoms with Gasteiger partial charge in [0.05, 0.1) is 4.90 Å². The maximum atomic E-state index is 12.9. The van der Waals surface area contributed by atoms with Gasteiger partial charge in [-0.2, -0.15) is 4.31 Å². The van der Waals surface area contributed by atoms with Crippen LogP contribution in [0.3, 0.4) is 0 Å². The molecule has 146 valence electrons. The molecule has 0 saturated carbocycles. The Morgan fingerprint density at radius 3 is 2.46 bits per heavy atom. The summed E-state index contributed by atoms with van der Waals surface area (Å²) in [6, 6.07) is 16.1. The van der Waals surface area contributed by atoms with Gasteiger partial charge in [0.1, 0.15) is 5.58 Å². The first-order chi connectivity index (χ1) is 13.4. The molecule has 6 nitrogen and oxygen atoms in total. The molecule has 0 radical (unpaired) electrons. The Hall–Kier alpha value is -2.64. The number of para-hydroxylation sites is 1. The first-order valence-electron chi connectivity index (χ1n) is 9.30. The van der Waals surface area contributed by atoms with E-state index in [1.807, 2.05) is 31.2 Å². The minimum atomic E-state index is -3.56. The van der Waals surface area contributed by atoms with Crippen molar-refractivity contribution in [2.75, 3.05) is 26.2 Å². The van der Waals surface area contributed by atoms with E-state index in [-0.39, 0.29) is 23.1 Å². The molecule has 4 rings (SSSR count). The van der Waals surface area contributed by atoms with Crippen molar-refractivity contribution in [1.29, 1.82) is 0 Å². The molecule has 0 spiro atoms. The number of aryl methyl sites for hydroxylation is 1. The molecule has 1 amide bonds. The van der Waals surface area contributed by atoms with Gasteiger partial charge < -0.3 is 9.32 Å². The van der Waals surface area contributed by atoms with Crippen LogP contribution >= 0.6 is 0 Å². The summed E-state index contributed by atoms with van der Waals surface area (Å²) >= 11 is 0. The van der Waals surface area contributed by atoms with Crippen LogP contribution in [0.2, 0.25) is 0 Å². The van der Waals surface area contributed by atoms with Crippen molar-refractivity contribution in [2.24, 2.45) is 0 Å². The number of sulfonamides is 1. The van der Waals surface area contributed by atoms with Crippen LogP contribution in [0, 0.1) is 6.92 Å². The molecule has 28 heavy (non-hydrogen) atoms. The summed E-state index contributed by atoms with van der Waals surface area (Å²) in [4.78, 5) is 14.8. The van der Waals surface area contributed by atoms with Crippen LogP contribution in [0.25, 0.3) is 11.0 Å². The molecule has 1 aliphatic heterocycles. The predicted molar refractivity (Wildman–Crippen MR) is 107 cm³/mol. The fourth-order valence-electron chi connectivity index (χ4n) is 3.44. The third-order valence-corrected chi connectivity index (χ3v) is 6.95. The molecule has 0 unspecified atom stereocenters. The number of carbonyl (C=O) groups excluding carboxylic acids is 1. The molecule has 1 aliphatic rings. The molecule has 0 aliphatic carbocycles. The van der Waals surface area contributed by atoms with Crippen LogP contribution in [0.1, 0.15) is 22.5 Å². The molecule has 1 aromatic heterocycles. The molecule has 0 bridgehead atoms. The highest BCUT2D eigenvalue weighted by atomic mass is 32.2. The summed E-state index contributed by atoms with van der Waals surface area (Å²) in [6.45, 7) is 3.41. The smallest absolute Gasteiger partial charge is 0.289 e. The van der Waals surface area contributed by atoms with Gasteiger partial charge in [-0.3, -0.25) is 4.79 Å². The van der Waals surface area contributed by atoms with Crippen LogP contribution in [0.5, 0.6) is 0 Å². The molecule has 3 aromatic rings. The van der Waals surface area contributed by atoms with Crippen LogP contribution < -0.4 is 0 Å². The van der Waals surface area contributed by atoms with Crippen molar-refractivity contribution in [1.82, 2.24) is 9.21 Å². The van der Waals surface area contributed by atoms with Gasteiger partial charge in [0.15, 0.2) is 5.76 Å². The number of nitrogens with zero attached hydrogens (tertiary/aromatic N) is 2. The number of rotatable bonds is 3. The Labute approximate surface area is 164 Å². The van der Waals surface area contributed by atoms with Crippen molar-refractivity contribution < 1.29 is 17.6 Å². The molecule has 0 N–H and O–H groups in total. The highest BCUT2D eigenvalue weighted by Crippen LogP contribution is 2.22. The molecular formula is C21H22N2O4S. The minimum absolute atomic E-state index is 0.203. The van der Waals surface area contributed by atoms with Gasteiger partial charge in [0, 0.05) is 31.6 Å². The van der Waals surface area contributed by atoms with Gasteiger partial charge in [-0.15, -0.1) is 0 Å². The second kappa shape index (κ2) is 7.41. The number of amides is 1. The number of benzene rings is 2. The number of fused-ring (bicyclic) bond motifs is 1. The first kappa shape index (κ1) is 18.7. The van der Waals surface area contributed by atoms with E-state index < -0.39 is 10.0 Å². The summed E-state index contributed by atoms with van der Waals surface area (Å²) in [6.07, 6.45) is 0.580. The van der Waals surface area contributed by atoms with E-state index in [0.29, 0.717) is 31.6 Å². The quantitative estimate of drug-likeness (QED) is 0.679. The Bertz CT molecular complexity index is 1070. The molecule has 2 heterocycles. The Balaban J connectivity index is 1.50. The Morgan fingerprint density at radius 1 is 0.964 bits per heavy atom. The molecule has 7 heteroatoms. The van der Waals surface area contributed by atoms with E-state index in [1.165, 1.54) is 4.31 Å². The lowest BCUT2D eigenvalue weighted by Gasteiger charge is -2.21. The van der Waals surface area contributed by atoms with E-state index in [0.717, 1.165) is 10.9 Å². The average Bonchev–Trinajstić information content (AvgIpc) is 2.96. The fourth-order valence-corrected chi connectivity index (χ4v) is 4.91. The maximum absolute atomic E-state index is 12.9. The second-order valence-electron chi connectivity index (χ2n) is 7.01. The van der Waals surface area contributed by atoms with Gasteiger partial charge in [0.2, 0.25) is 10.0 Å². The fraction of sp³-hybridized carbons (Fsp3) is 0.286. The topological polar surface area (TPSA) is 70.8 Å². The average molecular weight is 398 g/mol. The van der Waals surface area contributed by atoms with Gasteiger partial charge in [-0.25, -0.2) is 8.42 Å². The SMILES string of the molecule is Cc1ccc(S(=O)(=O)N2CCCN(C(=O)c3cc4ccccc4o3)CC2)cc1. The Morgan fingerprint density at radius 2 is 1.71 bits per heavy atom. The standard InChI is InChI=1S/C21H22N2O4S/c1-16-7-9-18(10-8-16)28(25,26)23-12-4-11-22(13-14-23)21(24)20-15-17-5-2-3-6-19(17)27-20/h2-3,5-10,15H,4,11-14H2,1H3. The summed E-state index contributed by atoms with van der Waals surface area (Å²) in [5.74, 6) is 0.0850. The van der Waals surface area contributed by atoms with Crippen LogP contribution in [-0.2, 0) is 10.0 Å². The number of hydrogen-bond donors (Lipinski definition) is 0. The number of furan rings is 1. The van der Waals surface area contributed by atoms with Crippen molar-refractivity contribution in [3.8, 4) is 0 Å². The highest BCUT2D eigenvalue weighted by Gasteiger charge is 2.29. The number of carbonyl (C=O) groups is 1. The summed E-state index contributed by atoms with van der Waals surface area (Å²) in [5, 5.41) is 0.879. The zero-order valence-electron chi connectivity index (χ0n) is 15.7. The number of hydrogen-bond acceptors (Lipinski definition) is 4. The lowest BCUT2D eigenvalue weighted by atomic mass is 10.2. The molecule has 2 aromatic carbocycles. The lowest BCUT2D eigenvalue weighted by molar-refractivity contribution is 0.0734. The predicted octanol–water partition coefficient (Wildman–Crippen LogP) is 3.28. The minimum Gasteiger partial charge on any atom is -0.451 e. The molecular weight excluding hydrogens is 376 g/mol. The monoisotopic (exact) mass is 398 g/mol. The van der Waals surface area contributed by atoms with Gasteiger partial charge in [0.25, 0.3) is 5.91 Å². The van der Waals surface area contributed by atoms with Crippen LogP contribution in [0.4, 0.5) is 0 Å². The van der Waals surface area contributed by atoms with Gasteiger partial charge in [-0.05, 0) is 37.6 Å². The van der Waals surface area contributed by atoms with E-state index in [1.54, 1.807) is 35.2 Å². The van der Waals surface area contributed by atoms with E-state index in [9.17, 15) is 13.2 Å². The lowest BCUT2D eigenvalue weighted by Crippen LogP contribution is -2.37. The van der Waals surface area contributed by atoms with Crippen molar-refractivity contribution in [3.05, 3.63) is 65.9 Å². The zero-order chi connectivity index (χ0) is 19.7. The van der Waals surface area contributed by atoms with Crippen LogP contribution in [0.15, 0.2) is 63.9 Å². The maximum Gasteiger partial charge on any atom is 0.289 e. The van der Waals surface area contributed by atoms with Crippen molar-refractivity contribution >= 4 is 26.9 Å². The van der Waals surface area contributed by atoms with E-state index >= 15 is 0 Å². The Kier molecular flexibility index (Phi) is 4.95. The highest BCUT2D eigenvalue weighted by molar-refractivity contribution is 7.89. The third-order valence-electron chi connectivity index (χ3n) is 5.04. The van der Waals surface area contributed by atoms with E-state index in [4.69, 9.17) is 4.42 Å².